The molecule has 0 amide bonds. The van der Waals surface area contributed by atoms with E-state index in [2.05, 4.69) is 0 Å². The number of alkyl halides is 1. The quantitative estimate of drug-likeness (QED) is 0.650. The molecule has 0 spiro atoms. The maximum atomic E-state index is 10.4. The molecule has 0 aromatic carbocycles. The lowest BCUT2D eigenvalue weighted by Crippen LogP contribution is -2.43. The molecule has 1 saturated carbocycles. The van der Waals surface area contributed by atoms with Gasteiger partial charge in [0.15, 0.2) is 0 Å². The third kappa shape index (κ3) is 2.11. The lowest BCUT2D eigenvalue weighted by Gasteiger charge is -2.35. The molecule has 1 rings (SSSR count). The molecule has 0 saturated heterocycles. The molecule has 0 radical (unpaired) electrons. The van der Waals surface area contributed by atoms with Crippen LogP contribution in [0.5, 0.6) is 0 Å². The second-order valence-electron chi connectivity index (χ2n) is 3.39. The Morgan fingerprint density at radius 1 is 1.58 bits per heavy atom. The summed E-state index contributed by atoms with van der Waals surface area (Å²) in [5, 5.41) is 17.9. The normalized spacial score (nSPS) is 36.3. The number of hydrogen-bond donors (Lipinski definition) is 2. The highest BCUT2D eigenvalue weighted by atomic mass is 35.5. The van der Waals surface area contributed by atoms with Gasteiger partial charge in [0.1, 0.15) is 0 Å². The Morgan fingerprint density at radius 2 is 2.25 bits per heavy atom. The first kappa shape index (κ1) is 9.81. The molecule has 1 aliphatic carbocycles. The zero-order valence-electron chi connectivity index (χ0n) is 6.79. The SMILES string of the molecule is O=C(O)C[C@]1(O)CCCC[C@H]1Cl. The number of aliphatic hydroxyl groups is 1. The van der Waals surface area contributed by atoms with Gasteiger partial charge in [0.05, 0.1) is 17.4 Å². The van der Waals surface area contributed by atoms with Gasteiger partial charge in [0.25, 0.3) is 0 Å². The predicted molar refractivity (Wildman–Crippen MR) is 45.3 cm³/mol. The van der Waals surface area contributed by atoms with E-state index in [0.29, 0.717) is 12.8 Å². The summed E-state index contributed by atoms with van der Waals surface area (Å²) in [6.45, 7) is 0. The molecule has 4 heteroatoms. The van der Waals surface area contributed by atoms with Gasteiger partial charge in [-0.2, -0.15) is 0 Å². The topological polar surface area (TPSA) is 57.5 Å². The fraction of sp³-hybridized carbons (Fsp3) is 0.875. The first-order valence-electron chi connectivity index (χ1n) is 4.13. The average molecular weight is 193 g/mol. The molecular weight excluding hydrogens is 180 g/mol. The predicted octanol–water partition coefficient (Wildman–Crippen LogP) is 1.37. The molecule has 1 fully saturated rings. The van der Waals surface area contributed by atoms with E-state index in [1.807, 2.05) is 0 Å². The van der Waals surface area contributed by atoms with E-state index >= 15 is 0 Å². The summed E-state index contributed by atoms with van der Waals surface area (Å²) in [6.07, 6.45) is 2.84. The standard InChI is InChI=1S/C8H13ClO3/c9-6-3-1-2-4-8(6,12)5-7(10)11/h6,12H,1-5H2,(H,10,11)/t6-,8-/m1/s1. The van der Waals surface area contributed by atoms with Gasteiger partial charge in [-0.3, -0.25) is 4.79 Å². The van der Waals surface area contributed by atoms with Crippen LogP contribution in [0.2, 0.25) is 0 Å². The average Bonchev–Trinajstić information content (AvgIpc) is 1.94. The van der Waals surface area contributed by atoms with Crippen molar-refractivity contribution in [3.63, 3.8) is 0 Å². The first-order chi connectivity index (χ1) is 5.54. The lowest BCUT2D eigenvalue weighted by atomic mass is 9.82. The number of hydrogen-bond acceptors (Lipinski definition) is 2. The molecule has 0 aromatic heterocycles. The van der Waals surface area contributed by atoms with Crippen LogP contribution in [0.15, 0.2) is 0 Å². The van der Waals surface area contributed by atoms with Crippen molar-refractivity contribution < 1.29 is 15.0 Å². The van der Waals surface area contributed by atoms with Gasteiger partial charge in [-0.15, -0.1) is 11.6 Å². The summed E-state index contributed by atoms with van der Waals surface area (Å²) >= 11 is 5.85. The highest BCUT2D eigenvalue weighted by molar-refractivity contribution is 6.21. The van der Waals surface area contributed by atoms with Crippen LogP contribution in [0.4, 0.5) is 0 Å². The Morgan fingerprint density at radius 3 is 2.75 bits per heavy atom. The van der Waals surface area contributed by atoms with Crippen LogP contribution in [0.3, 0.4) is 0 Å². The molecule has 0 aromatic rings. The van der Waals surface area contributed by atoms with Gasteiger partial charge in [-0.25, -0.2) is 0 Å². The smallest absolute Gasteiger partial charge is 0.306 e. The number of carboxylic acids is 1. The molecular formula is C8H13ClO3. The first-order valence-corrected chi connectivity index (χ1v) is 4.56. The van der Waals surface area contributed by atoms with Crippen molar-refractivity contribution in [2.75, 3.05) is 0 Å². The van der Waals surface area contributed by atoms with Gasteiger partial charge in [-0.1, -0.05) is 12.8 Å². The van der Waals surface area contributed by atoms with Crippen LogP contribution in [0.1, 0.15) is 32.1 Å². The largest absolute Gasteiger partial charge is 0.481 e. The summed E-state index contributed by atoms with van der Waals surface area (Å²) in [6, 6.07) is 0. The minimum absolute atomic E-state index is 0.235. The van der Waals surface area contributed by atoms with Crippen LogP contribution in [0.25, 0.3) is 0 Å². The lowest BCUT2D eigenvalue weighted by molar-refractivity contribution is -0.143. The summed E-state index contributed by atoms with van der Waals surface area (Å²) in [7, 11) is 0. The Hall–Kier alpha value is -0.280. The molecule has 1 aliphatic rings. The third-order valence-electron chi connectivity index (χ3n) is 2.36. The van der Waals surface area contributed by atoms with Crippen molar-refractivity contribution in [3.05, 3.63) is 0 Å². The van der Waals surface area contributed by atoms with E-state index in [1.54, 1.807) is 0 Å². The number of carboxylic acid groups (broad SMARTS) is 1. The Balaban J connectivity index is 2.59. The molecule has 3 nitrogen and oxygen atoms in total. The van der Waals surface area contributed by atoms with E-state index in [-0.39, 0.29) is 6.42 Å². The van der Waals surface area contributed by atoms with Gasteiger partial charge in [-0.05, 0) is 12.8 Å². The zero-order chi connectivity index (χ0) is 9.19. The fourth-order valence-corrected chi connectivity index (χ4v) is 1.98. The summed E-state index contributed by atoms with van der Waals surface area (Å²) in [4.78, 5) is 10.4. The van der Waals surface area contributed by atoms with Gasteiger partial charge < -0.3 is 10.2 Å². The molecule has 2 atom stereocenters. The summed E-state index contributed by atoms with van der Waals surface area (Å²) in [5.74, 6) is -0.981. The van der Waals surface area contributed by atoms with Crippen LogP contribution in [-0.4, -0.2) is 27.2 Å². The molecule has 0 aliphatic heterocycles. The zero-order valence-corrected chi connectivity index (χ0v) is 7.55. The summed E-state index contributed by atoms with van der Waals surface area (Å²) < 4.78 is 0. The molecule has 0 bridgehead atoms. The van der Waals surface area contributed by atoms with Crippen molar-refractivity contribution in [1.29, 1.82) is 0 Å². The van der Waals surface area contributed by atoms with Crippen molar-refractivity contribution in [3.8, 4) is 0 Å². The van der Waals surface area contributed by atoms with E-state index in [0.717, 1.165) is 12.8 Å². The third-order valence-corrected chi connectivity index (χ3v) is 2.98. The summed E-state index contributed by atoms with van der Waals surface area (Å²) in [5.41, 5.74) is -1.17. The van der Waals surface area contributed by atoms with Crippen molar-refractivity contribution in [2.24, 2.45) is 0 Å². The Labute approximate surface area is 76.3 Å². The number of rotatable bonds is 2. The van der Waals surface area contributed by atoms with E-state index in [9.17, 15) is 9.90 Å². The maximum absolute atomic E-state index is 10.4. The van der Waals surface area contributed by atoms with Gasteiger partial charge >= 0.3 is 5.97 Å². The maximum Gasteiger partial charge on any atom is 0.306 e. The Kier molecular flexibility index (Phi) is 2.96. The van der Waals surface area contributed by atoms with Gasteiger partial charge in [0.2, 0.25) is 0 Å². The van der Waals surface area contributed by atoms with Crippen LogP contribution in [0, 0.1) is 0 Å². The van der Waals surface area contributed by atoms with Crippen molar-refractivity contribution >= 4 is 17.6 Å². The van der Waals surface area contributed by atoms with Crippen molar-refractivity contribution in [2.45, 2.75) is 43.1 Å². The number of halogens is 1. The number of carbonyl (C=O) groups is 1. The van der Waals surface area contributed by atoms with E-state index in [1.165, 1.54) is 0 Å². The fourth-order valence-electron chi connectivity index (χ4n) is 1.64. The molecule has 12 heavy (non-hydrogen) atoms. The van der Waals surface area contributed by atoms with Gasteiger partial charge in [0, 0.05) is 0 Å². The second-order valence-corrected chi connectivity index (χ2v) is 3.91. The molecule has 0 heterocycles. The minimum atomic E-state index is -1.17. The molecule has 70 valence electrons. The van der Waals surface area contributed by atoms with E-state index in [4.69, 9.17) is 16.7 Å². The molecule has 2 N–H and O–H groups in total. The van der Waals surface area contributed by atoms with Crippen LogP contribution >= 0.6 is 11.6 Å². The minimum Gasteiger partial charge on any atom is -0.481 e. The monoisotopic (exact) mass is 192 g/mol. The highest BCUT2D eigenvalue weighted by Crippen LogP contribution is 2.34. The van der Waals surface area contributed by atoms with E-state index < -0.39 is 16.9 Å². The van der Waals surface area contributed by atoms with Crippen LogP contribution in [-0.2, 0) is 4.79 Å². The highest BCUT2D eigenvalue weighted by Gasteiger charge is 2.39. The van der Waals surface area contributed by atoms with Crippen molar-refractivity contribution in [1.82, 2.24) is 0 Å². The second kappa shape index (κ2) is 3.62. The molecule has 0 unspecified atom stereocenters. The number of aliphatic carboxylic acids is 1. The Bertz CT molecular complexity index is 183. The van der Waals surface area contributed by atoms with Crippen LogP contribution < -0.4 is 0 Å².